The van der Waals surface area contributed by atoms with Crippen molar-refractivity contribution in [2.45, 2.75) is 18.1 Å². The molecule has 5 nitrogen and oxygen atoms in total. The van der Waals surface area contributed by atoms with Gasteiger partial charge in [-0.05, 0) is 23.8 Å². The van der Waals surface area contributed by atoms with Gasteiger partial charge in [-0.3, -0.25) is 0 Å². The van der Waals surface area contributed by atoms with Crippen LogP contribution in [0.15, 0.2) is 30.5 Å². The minimum absolute atomic E-state index is 0.200. The average Bonchev–Trinajstić information content (AvgIpc) is 2.51. The minimum Gasteiger partial charge on any atom is -0.352 e. The number of aromatic nitrogens is 2. The van der Waals surface area contributed by atoms with Crippen LogP contribution in [0.25, 0.3) is 0 Å². The Hall–Kier alpha value is -1.90. The molecule has 1 saturated heterocycles. The van der Waals surface area contributed by atoms with Gasteiger partial charge < -0.3 is 16.4 Å². The molecule has 1 aliphatic rings. The molecule has 0 bridgehead atoms. The molecule has 1 aliphatic heterocycles. The second-order valence-electron chi connectivity index (χ2n) is 5.88. The fourth-order valence-electron chi connectivity index (χ4n) is 2.49. The topological polar surface area (TPSA) is 75.9 Å². The van der Waals surface area contributed by atoms with Crippen molar-refractivity contribution in [3.63, 3.8) is 0 Å². The highest BCUT2D eigenvalue weighted by molar-refractivity contribution is 6.31. The van der Waals surface area contributed by atoms with Crippen LogP contribution in [0.1, 0.15) is 28.8 Å². The van der Waals surface area contributed by atoms with Crippen molar-refractivity contribution in [2.75, 3.05) is 25.0 Å². The Morgan fingerprint density at radius 2 is 2.08 bits per heavy atom. The summed E-state index contributed by atoms with van der Waals surface area (Å²) in [6, 6.07) is 4.87. The van der Waals surface area contributed by atoms with E-state index in [0.29, 0.717) is 17.4 Å². The van der Waals surface area contributed by atoms with Crippen LogP contribution in [-0.2, 0) is 6.18 Å². The summed E-state index contributed by atoms with van der Waals surface area (Å²) >= 11 is 5.62. The van der Waals surface area contributed by atoms with Crippen molar-refractivity contribution < 1.29 is 13.2 Å². The molecule has 134 valence electrons. The Labute approximate surface area is 147 Å². The lowest BCUT2D eigenvalue weighted by molar-refractivity contribution is -0.137. The second kappa shape index (κ2) is 7.15. The van der Waals surface area contributed by atoms with Crippen LogP contribution < -0.4 is 16.4 Å². The largest absolute Gasteiger partial charge is 0.417 e. The van der Waals surface area contributed by atoms with Gasteiger partial charge in [-0.25, -0.2) is 9.97 Å². The molecule has 0 spiro atoms. The molecular weight excluding hydrogens is 355 g/mol. The summed E-state index contributed by atoms with van der Waals surface area (Å²) in [7, 11) is 0. The van der Waals surface area contributed by atoms with Crippen LogP contribution in [0.3, 0.4) is 0 Å². The lowest BCUT2D eigenvalue weighted by Gasteiger charge is -2.26. The Bertz CT molecular complexity index is 749. The van der Waals surface area contributed by atoms with Gasteiger partial charge in [0.2, 0.25) is 5.95 Å². The molecule has 2 heterocycles. The normalized spacial score (nSPS) is 16.4. The molecule has 0 saturated carbocycles. The van der Waals surface area contributed by atoms with Crippen molar-refractivity contribution in [3.8, 4) is 0 Å². The number of nitrogens with one attached hydrogen (secondary N) is 2. The summed E-state index contributed by atoms with van der Waals surface area (Å²) in [5.74, 6) is 0.771. The number of benzene rings is 1. The summed E-state index contributed by atoms with van der Waals surface area (Å²) in [5.41, 5.74) is 6.37. The van der Waals surface area contributed by atoms with E-state index in [1.54, 1.807) is 6.20 Å². The van der Waals surface area contributed by atoms with Crippen molar-refractivity contribution in [1.82, 2.24) is 15.3 Å². The first-order chi connectivity index (χ1) is 11.8. The third kappa shape index (κ3) is 4.20. The molecule has 0 radical (unpaired) electrons. The van der Waals surface area contributed by atoms with Crippen LogP contribution in [0.5, 0.6) is 0 Å². The minimum atomic E-state index is -4.52. The third-order valence-electron chi connectivity index (χ3n) is 4.08. The zero-order valence-corrected chi connectivity index (χ0v) is 13.9. The van der Waals surface area contributed by atoms with Crippen molar-refractivity contribution in [2.24, 2.45) is 5.73 Å². The number of rotatable bonds is 5. The van der Waals surface area contributed by atoms with E-state index in [2.05, 4.69) is 20.6 Å². The smallest absolute Gasteiger partial charge is 0.352 e. The zero-order valence-electron chi connectivity index (χ0n) is 13.1. The van der Waals surface area contributed by atoms with E-state index < -0.39 is 17.8 Å². The zero-order chi connectivity index (χ0) is 18.0. The quantitative estimate of drug-likeness (QED) is 0.753. The summed E-state index contributed by atoms with van der Waals surface area (Å²) in [6.07, 6.45) is -2.87. The van der Waals surface area contributed by atoms with Gasteiger partial charge in [0, 0.05) is 37.8 Å². The van der Waals surface area contributed by atoms with E-state index in [0.717, 1.165) is 24.8 Å². The second-order valence-corrected chi connectivity index (χ2v) is 6.29. The van der Waals surface area contributed by atoms with Crippen molar-refractivity contribution >= 4 is 17.5 Å². The van der Waals surface area contributed by atoms with E-state index in [1.807, 2.05) is 6.07 Å². The number of nitrogens with two attached hydrogens (primary N) is 1. The lowest BCUT2D eigenvalue weighted by atomic mass is 9.99. The molecule has 9 heteroatoms. The van der Waals surface area contributed by atoms with Crippen molar-refractivity contribution in [1.29, 1.82) is 0 Å². The summed E-state index contributed by atoms with van der Waals surface area (Å²) in [6.45, 7) is 1.95. The van der Waals surface area contributed by atoms with Gasteiger partial charge in [0.25, 0.3) is 0 Å². The van der Waals surface area contributed by atoms with Crippen LogP contribution in [0.2, 0.25) is 5.02 Å². The number of hydrogen-bond acceptors (Lipinski definition) is 5. The van der Waals surface area contributed by atoms with Gasteiger partial charge in [-0.2, -0.15) is 13.2 Å². The Morgan fingerprint density at radius 1 is 1.32 bits per heavy atom. The van der Waals surface area contributed by atoms with Gasteiger partial charge in [0.15, 0.2) is 0 Å². The van der Waals surface area contributed by atoms with Gasteiger partial charge in [-0.1, -0.05) is 17.7 Å². The first-order valence-electron chi connectivity index (χ1n) is 7.74. The summed E-state index contributed by atoms with van der Waals surface area (Å²) in [5, 5.41) is 5.80. The van der Waals surface area contributed by atoms with Crippen LogP contribution in [0, 0.1) is 0 Å². The number of alkyl halides is 3. The highest BCUT2D eigenvalue weighted by Gasteiger charge is 2.33. The monoisotopic (exact) mass is 371 g/mol. The number of halogens is 4. The molecule has 0 amide bonds. The lowest BCUT2D eigenvalue weighted by Crippen LogP contribution is -2.40. The van der Waals surface area contributed by atoms with E-state index in [1.165, 1.54) is 12.1 Å². The van der Waals surface area contributed by atoms with Crippen molar-refractivity contribution in [3.05, 3.63) is 52.3 Å². The van der Waals surface area contributed by atoms with E-state index in [9.17, 15) is 13.2 Å². The summed E-state index contributed by atoms with van der Waals surface area (Å²) < 4.78 is 38.8. The van der Waals surface area contributed by atoms with Gasteiger partial charge in [-0.15, -0.1) is 0 Å². The molecule has 25 heavy (non-hydrogen) atoms. The summed E-state index contributed by atoms with van der Waals surface area (Å²) in [4.78, 5) is 8.53. The highest BCUT2D eigenvalue weighted by Crippen LogP contribution is 2.35. The first kappa shape index (κ1) is 17.9. The maximum Gasteiger partial charge on any atom is 0.417 e. The van der Waals surface area contributed by atoms with Gasteiger partial charge in [0.1, 0.15) is 0 Å². The highest BCUT2D eigenvalue weighted by atomic mass is 35.5. The molecule has 0 aliphatic carbocycles. The fraction of sp³-hybridized carbons (Fsp3) is 0.375. The molecular formula is C16H17ClF3N5. The number of hydrogen-bond donors (Lipinski definition) is 3. The molecule has 3 rings (SSSR count). The molecule has 1 unspecified atom stereocenters. The molecule has 1 aromatic heterocycles. The molecule has 1 fully saturated rings. The van der Waals surface area contributed by atoms with Gasteiger partial charge >= 0.3 is 6.18 Å². The maximum absolute atomic E-state index is 12.9. The number of anilines is 1. The Morgan fingerprint density at radius 3 is 2.72 bits per heavy atom. The van der Waals surface area contributed by atoms with E-state index in [-0.39, 0.29) is 11.6 Å². The van der Waals surface area contributed by atoms with E-state index >= 15 is 0 Å². The maximum atomic E-state index is 12.9. The van der Waals surface area contributed by atoms with Crippen LogP contribution in [-0.4, -0.2) is 29.6 Å². The Kier molecular flexibility index (Phi) is 5.12. The SMILES string of the molecule is NC(CNc1nccc(C2CNC2)n1)c1ccc(Cl)c(C(F)(F)F)c1. The Balaban J connectivity index is 1.67. The fourth-order valence-corrected chi connectivity index (χ4v) is 2.72. The van der Waals surface area contributed by atoms with Crippen LogP contribution in [0.4, 0.5) is 19.1 Å². The standard InChI is InChI=1S/C16H17ClF3N5/c17-12-2-1-9(5-11(12)16(18,19)20)13(21)8-24-15-23-4-3-14(25-15)10-6-22-7-10/h1-5,10,13,22H,6-8,21H2,(H,23,24,25). The predicted octanol–water partition coefficient (Wildman–Crippen LogP) is 2.95. The molecule has 2 aromatic rings. The molecule has 1 aromatic carbocycles. The number of nitrogens with zero attached hydrogens (tertiary/aromatic N) is 2. The molecule has 1 atom stereocenters. The third-order valence-corrected chi connectivity index (χ3v) is 4.41. The van der Waals surface area contributed by atoms with Gasteiger partial charge in [0.05, 0.1) is 16.3 Å². The first-order valence-corrected chi connectivity index (χ1v) is 8.12. The average molecular weight is 372 g/mol. The van der Waals surface area contributed by atoms with E-state index in [4.69, 9.17) is 17.3 Å². The predicted molar refractivity (Wildman–Crippen MR) is 89.5 cm³/mol. The van der Waals surface area contributed by atoms with Crippen LogP contribution >= 0.6 is 11.6 Å². The molecule has 4 N–H and O–H groups in total.